The van der Waals surface area contributed by atoms with Crippen molar-refractivity contribution in [3.63, 3.8) is 0 Å². The van der Waals surface area contributed by atoms with Crippen molar-refractivity contribution in [3.05, 3.63) is 34.2 Å². The Morgan fingerprint density at radius 3 is 2.75 bits per heavy atom. The van der Waals surface area contributed by atoms with Gasteiger partial charge in [0.15, 0.2) is 0 Å². The fourth-order valence-electron chi connectivity index (χ4n) is 3.38. The highest BCUT2D eigenvalue weighted by atomic mass is 16.4. The molecule has 1 aromatic carbocycles. The molecule has 1 aliphatic carbocycles. The molecule has 106 valence electrons. The smallest absolute Gasteiger partial charge is 0.337 e. The van der Waals surface area contributed by atoms with Crippen LogP contribution in [0, 0.1) is 5.92 Å². The summed E-state index contributed by atoms with van der Waals surface area (Å²) in [7, 11) is 0. The number of nitrogens with one attached hydrogen (secondary N) is 1. The number of aromatic carboxylic acids is 1. The van der Waals surface area contributed by atoms with Crippen LogP contribution in [0.3, 0.4) is 0 Å². The molecule has 2 aromatic rings. The third kappa shape index (κ3) is 1.94. The third-order valence-corrected chi connectivity index (χ3v) is 4.47. The molecule has 0 amide bonds. The highest BCUT2D eigenvalue weighted by Crippen LogP contribution is 2.34. The van der Waals surface area contributed by atoms with Crippen molar-refractivity contribution in [2.75, 3.05) is 0 Å². The van der Waals surface area contributed by atoms with Gasteiger partial charge in [0.1, 0.15) is 0 Å². The molecule has 0 saturated heterocycles. The normalized spacial score (nSPS) is 17.6. The highest BCUT2D eigenvalue weighted by Gasteiger charge is 2.26. The molecule has 2 N–H and O–H groups in total. The monoisotopic (exact) mass is 274 g/mol. The van der Waals surface area contributed by atoms with E-state index in [1.807, 2.05) is 6.07 Å². The van der Waals surface area contributed by atoms with Crippen molar-refractivity contribution in [2.24, 2.45) is 5.92 Å². The number of aromatic amines is 1. The van der Waals surface area contributed by atoms with Crippen LogP contribution in [0.5, 0.6) is 0 Å². The molecule has 1 atom stereocenters. The van der Waals surface area contributed by atoms with E-state index < -0.39 is 5.97 Å². The zero-order chi connectivity index (χ0) is 14.3. The lowest BCUT2D eigenvalue weighted by Crippen LogP contribution is -2.24. The van der Waals surface area contributed by atoms with E-state index in [9.17, 15) is 14.7 Å². The van der Waals surface area contributed by atoms with Gasteiger partial charge < -0.3 is 10.1 Å². The lowest BCUT2D eigenvalue weighted by Gasteiger charge is -2.20. The lowest BCUT2D eigenvalue weighted by molar-refractivity contribution is 0.0699. The maximum absolute atomic E-state index is 12.2. The van der Waals surface area contributed by atoms with Crippen LogP contribution in [0.2, 0.25) is 0 Å². The fraction of sp³-hybridized carbons (Fsp3) is 0.467. The van der Waals surface area contributed by atoms with Gasteiger partial charge in [-0.05, 0) is 37.8 Å². The van der Waals surface area contributed by atoms with E-state index in [2.05, 4.69) is 11.9 Å². The van der Waals surface area contributed by atoms with E-state index in [0.717, 1.165) is 12.8 Å². The van der Waals surface area contributed by atoms with Crippen molar-refractivity contribution >= 4 is 17.0 Å². The van der Waals surface area contributed by atoms with E-state index in [1.165, 1.54) is 18.9 Å². The summed E-state index contributed by atoms with van der Waals surface area (Å²) in [5, 5.41) is 9.20. The van der Waals surface area contributed by atoms with Crippen molar-refractivity contribution in [1.29, 1.82) is 0 Å². The minimum Gasteiger partial charge on any atom is -0.478 e. The molecule has 0 aliphatic heterocycles. The van der Waals surface area contributed by atoms with Gasteiger partial charge in [-0.3, -0.25) is 4.57 Å². The van der Waals surface area contributed by atoms with E-state index in [1.54, 1.807) is 10.6 Å². The topological polar surface area (TPSA) is 75.1 Å². The molecule has 1 aromatic heterocycles. The van der Waals surface area contributed by atoms with Gasteiger partial charge in [-0.1, -0.05) is 18.9 Å². The molecule has 1 saturated carbocycles. The number of nitrogens with zero attached hydrogens (tertiary/aromatic N) is 1. The first-order chi connectivity index (χ1) is 9.59. The summed E-state index contributed by atoms with van der Waals surface area (Å²) in [6, 6.07) is 5.12. The number of carboxylic acids is 1. The summed E-state index contributed by atoms with van der Waals surface area (Å²) in [6.07, 6.45) is 4.71. The molecule has 1 unspecified atom stereocenters. The minimum absolute atomic E-state index is 0.0998. The molecule has 0 radical (unpaired) electrons. The number of hydrogen-bond donors (Lipinski definition) is 2. The van der Waals surface area contributed by atoms with Gasteiger partial charge in [-0.25, -0.2) is 9.59 Å². The molecule has 1 aliphatic rings. The lowest BCUT2D eigenvalue weighted by atomic mass is 9.99. The number of para-hydroxylation sites is 1. The number of H-pyrrole nitrogens is 1. The Morgan fingerprint density at radius 2 is 2.10 bits per heavy atom. The first-order valence-corrected chi connectivity index (χ1v) is 7.06. The number of fused-ring (bicyclic) bond motifs is 1. The van der Waals surface area contributed by atoms with E-state index in [4.69, 9.17) is 0 Å². The Balaban J connectivity index is 2.16. The van der Waals surface area contributed by atoms with Crippen LogP contribution < -0.4 is 5.69 Å². The van der Waals surface area contributed by atoms with Gasteiger partial charge in [0, 0.05) is 6.04 Å². The third-order valence-electron chi connectivity index (χ3n) is 4.47. The van der Waals surface area contributed by atoms with Crippen LogP contribution in [0.25, 0.3) is 11.0 Å². The Kier molecular flexibility index (Phi) is 3.12. The highest BCUT2D eigenvalue weighted by molar-refractivity contribution is 6.00. The second-order valence-electron chi connectivity index (χ2n) is 5.59. The molecule has 3 rings (SSSR count). The van der Waals surface area contributed by atoms with E-state index >= 15 is 0 Å². The van der Waals surface area contributed by atoms with Gasteiger partial charge in [0.05, 0.1) is 16.6 Å². The fourth-order valence-corrected chi connectivity index (χ4v) is 3.38. The molecule has 1 fully saturated rings. The van der Waals surface area contributed by atoms with Crippen molar-refractivity contribution < 1.29 is 9.90 Å². The van der Waals surface area contributed by atoms with Crippen LogP contribution in [-0.2, 0) is 0 Å². The number of aromatic nitrogens is 2. The second-order valence-corrected chi connectivity index (χ2v) is 5.59. The number of carbonyl (C=O) groups is 1. The van der Waals surface area contributed by atoms with Crippen molar-refractivity contribution in [1.82, 2.24) is 9.55 Å². The van der Waals surface area contributed by atoms with Gasteiger partial charge in [-0.15, -0.1) is 0 Å². The Morgan fingerprint density at radius 1 is 1.40 bits per heavy atom. The minimum atomic E-state index is -1.02. The standard InChI is InChI=1S/C15H18N2O3/c1-9(10-5-2-3-6-10)17-12-8-4-7-11(14(18)19)13(12)16-15(17)20/h4,7-10H,2-3,5-6H2,1H3,(H,16,20)(H,18,19). The van der Waals surface area contributed by atoms with Crippen LogP contribution >= 0.6 is 0 Å². The molecule has 5 nitrogen and oxygen atoms in total. The zero-order valence-corrected chi connectivity index (χ0v) is 11.4. The molecule has 0 spiro atoms. The SMILES string of the molecule is CC(C1CCCC1)n1c(=O)[nH]c2c(C(=O)O)cccc21. The first kappa shape index (κ1) is 13.0. The maximum Gasteiger partial charge on any atom is 0.337 e. The number of carboxylic acid groups (broad SMARTS) is 1. The quantitative estimate of drug-likeness (QED) is 0.903. The summed E-state index contributed by atoms with van der Waals surface area (Å²) in [5.74, 6) is -0.516. The van der Waals surface area contributed by atoms with Crippen LogP contribution in [0.1, 0.15) is 49.0 Å². The van der Waals surface area contributed by atoms with Gasteiger partial charge >= 0.3 is 11.7 Å². The Labute approximate surface area is 116 Å². The second kappa shape index (κ2) is 4.81. The van der Waals surface area contributed by atoms with Gasteiger partial charge in [0.2, 0.25) is 0 Å². The summed E-state index contributed by atoms with van der Waals surface area (Å²) in [4.78, 5) is 26.2. The Bertz CT molecular complexity index is 707. The summed E-state index contributed by atoms with van der Waals surface area (Å²) in [6.45, 7) is 2.05. The van der Waals surface area contributed by atoms with Crippen LogP contribution in [-0.4, -0.2) is 20.6 Å². The molecule has 20 heavy (non-hydrogen) atoms. The summed E-state index contributed by atoms with van der Waals surface area (Å²) < 4.78 is 1.72. The zero-order valence-electron chi connectivity index (χ0n) is 11.4. The van der Waals surface area contributed by atoms with E-state index in [0.29, 0.717) is 17.0 Å². The number of rotatable bonds is 3. The molecule has 0 bridgehead atoms. The number of hydrogen-bond acceptors (Lipinski definition) is 2. The van der Waals surface area contributed by atoms with Crippen molar-refractivity contribution in [2.45, 2.75) is 38.6 Å². The average molecular weight is 274 g/mol. The largest absolute Gasteiger partial charge is 0.478 e. The predicted molar refractivity (Wildman–Crippen MR) is 76.2 cm³/mol. The first-order valence-electron chi connectivity index (χ1n) is 7.06. The van der Waals surface area contributed by atoms with Crippen LogP contribution in [0.4, 0.5) is 0 Å². The number of imidazole rings is 1. The predicted octanol–water partition coefficient (Wildman–Crippen LogP) is 2.78. The van der Waals surface area contributed by atoms with Gasteiger partial charge in [-0.2, -0.15) is 0 Å². The molecule has 1 heterocycles. The molecular weight excluding hydrogens is 256 g/mol. The molecule has 5 heteroatoms. The Hall–Kier alpha value is -2.04. The van der Waals surface area contributed by atoms with E-state index in [-0.39, 0.29) is 17.3 Å². The number of benzene rings is 1. The van der Waals surface area contributed by atoms with Crippen LogP contribution in [0.15, 0.2) is 23.0 Å². The molecular formula is C15H18N2O3. The average Bonchev–Trinajstić information content (AvgIpc) is 3.03. The maximum atomic E-state index is 12.2. The summed E-state index contributed by atoms with van der Waals surface area (Å²) >= 11 is 0. The van der Waals surface area contributed by atoms with Gasteiger partial charge in [0.25, 0.3) is 0 Å². The summed E-state index contributed by atoms with van der Waals surface area (Å²) in [5.41, 5.74) is 1.05. The van der Waals surface area contributed by atoms with Crippen molar-refractivity contribution in [3.8, 4) is 0 Å².